The van der Waals surface area contributed by atoms with Crippen LogP contribution in [-0.2, 0) is 4.74 Å². The molecule has 0 radical (unpaired) electrons. The number of hydrogen-bond donors (Lipinski definition) is 3. The number of nitrogens with one attached hydrogen (secondary N) is 2. The number of amides is 1. The van der Waals surface area contributed by atoms with Crippen molar-refractivity contribution in [3.8, 4) is 0 Å². The van der Waals surface area contributed by atoms with E-state index in [0.717, 1.165) is 0 Å². The Bertz CT molecular complexity index is 397. The molecule has 0 aliphatic carbocycles. The molecule has 1 aromatic heterocycles. The molecule has 1 unspecified atom stereocenters. The van der Waals surface area contributed by atoms with Gasteiger partial charge in [-0.05, 0) is 0 Å². The van der Waals surface area contributed by atoms with Crippen molar-refractivity contribution in [3.63, 3.8) is 0 Å². The van der Waals surface area contributed by atoms with Gasteiger partial charge in [0, 0.05) is 26.9 Å². The van der Waals surface area contributed by atoms with Gasteiger partial charge in [-0.3, -0.25) is 4.79 Å². The van der Waals surface area contributed by atoms with Crippen molar-refractivity contribution in [2.75, 3.05) is 27.3 Å². The number of aliphatic hydroxyl groups excluding tert-OH is 1. The van der Waals surface area contributed by atoms with Crippen LogP contribution in [0.4, 0.5) is 0 Å². The molecule has 0 spiro atoms. The summed E-state index contributed by atoms with van der Waals surface area (Å²) in [7, 11) is 3.00. The number of aromatic nitrogens is 2. The van der Waals surface area contributed by atoms with Crippen LogP contribution in [-0.4, -0.2) is 59.3 Å². The van der Waals surface area contributed by atoms with Gasteiger partial charge in [0.05, 0.1) is 12.7 Å². The Labute approximate surface area is 92.0 Å². The van der Waals surface area contributed by atoms with Crippen molar-refractivity contribution < 1.29 is 14.6 Å². The molecule has 0 fully saturated rings. The lowest BCUT2D eigenvalue weighted by atomic mass is 10.3. The maximum absolute atomic E-state index is 11.7. The van der Waals surface area contributed by atoms with Crippen LogP contribution in [0.1, 0.15) is 10.5 Å². The molecular formula is C9H15N3O4. The van der Waals surface area contributed by atoms with Gasteiger partial charge in [0.1, 0.15) is 5.69 Å². The first kappa shape index (κ1) is 12.5. The molecule has 0 aliphatic heterocycles. The molecule has 0 bridgehead atoms. The number of aliphatic hydroxyl groups is 1. The summed E-state index contributed by atoms with van der Waals surface area (Å²) < 4.78 is 4.74. The van der Waals surface area contributed by atoms with Gasteiger partial charge in [-0.25, -0.2) is 4.79 Å². The fourth-order valence-electron chi connectivity index (χ4n) is 1.30. The van der Waals surface area contributed by atoms with E-state index in [2.05, 4.69) is 9.97 Å². The number of H-pyrrole nitrogens is 2. The van der Waals surface area contributed by atoms with Crippen LogP contribution in [0.5, 0.6) is 0 Å². The maximum Gasteiger partial charge on any atom is 0.323 e. The van der Waals surface area contributed by atoms with E-state index < -0.39 is 11.8 Å². The lowest BCUT2D eigenvalue weighted by Crippen LogP contribution is -2.36. The van der Waals surface area contributed by atoms with E-state index >= 15 is 0 Å². The first-order valence-corrected chi connectivity index (χ1v) is 4.74. The first-order valence-electron chi connectivity index (χ1n) is 4.74. The highest BCUT2D eigenvalue weighted by Crippen LogP contribution is 1.98. The average Bonchev–Trinajstić information content (AvgIpc) is 2.64. The van der Waals surface area contributed by atoms with E-state index in [1.165, 1.54) is 25.3 Å². The number of carbonyl (C=O) groups is 1. The molecule has 0 saturated carbocycles. The minimum atomic E-state index is -0.746. The molecule has 1 aromatic rings. The minimum absolute atomic E-state index is 0.139. The minimum Gasteiger partial charge on any atom is -0.389 e. The van der Waals surface area contributed by atoms with Crippen molar-refractivity contribution in [1.82, 2.24) is 14.9 Å². The first-order chi connectivity index (χ1) is 7.54. The van der Waals surface area contributed by atoms with Crippen molar-refractivity contribution in [1.29, 1.82) is 0 Å². The van der Waals surface area contributed by atoms with Gasteiger partial charge in [0.15, 0.2) is 0 Å². The van der Waals surface area contributed by atoms with Gasteiger partial charge in [0.25, 0.3) is 5.91 Å². The van der Waals surface area contributed by atoms with E-state index in [0.29, 0.717) is 0 Å². The zero-order valence-corrected chi connectivity index (χ0v) is 9.19. The van der Waals surface area contributed by atoms with Gasteiger partial charge >= 0.3 is 5.69 Å². The summed E-state index contributed by atoms with van der Waals surface area (Å²) in [5, 5.41) is 9.42. The van der Waals surface area contributed by atoms with Gasteiger partial charge in [-0.1, -0.05) is 0 Å². The fraction of sp³-hybridized carbons (Fsp3) is 0.556. The Kier molecular flexibility index (Phi) is 4.27. The summed E-state index contributed by atoms with van der Waals surface area (Å²) in [4.78, 5) is 28.5. The van der Waals surface area contributed by atoms with Crippen LogP contribution in [0.15, 0.2) is 11.0 Å². The number of nitrogens with zero attached hydrogens (tertiary/aromatic N) is 1. The third-order valence-electron chi connectivity index (χ3n) is 2.02. The molecule has 3 N–H and O–H groups in total. The van der Waals surface area contributed by atoms with Crippen LogP contribution >= 0.6 is 0 Å². The summed E-state index contributed by atoms with van der Waals surface area (Å²) >= 11 is 0. The second-order valence-corrected chi connectivity index (χ2v) is 3.45. The zero-order valence-electron chi connectivity index (χ0n) is 9.19. The van der Waals surface area contributed by atoms with E-state index in [1.54, 1.807) is 0 Å². The highest BCUT2D eigenvalue weighted by Gasteiger charge is 2.16. The molecule has 0 saturated heterocycles. The van der Waals surface area contributed by atoms with Crippen molar-refractivity contribution in [2.45, 2.75) is 6.10 Å². The summed E-state index contributed by atoms with van der Waals surface area (Å²) in [5.41, 5.74) is -0.272. The highest BCUT2D eigenvalue weighted by molar-refractivity contribution is 5.91. The van der Waals surface area contributed by atoms with Gasteiger partial charge < -0.3 is 24.7 Å². The number of rotatable bonds is 5. The normalized spacial score (nSPS) is 12.4. The third-order valence-corrected chi connectivity index (χ3v) is 2.02. The predicted molar refractivity (Wildman–Crippen MR) is 56.3 cm³/mol. The molecule has 16 heavy (non-hydrogen) atoms. The molecule has 0 aromatic carbocycles. The average molecular weight is 229 g/mol. The van der Waals surface area contributed by atoms with Gasteiger partial charge in [-0.2, -0.15) is 0 Å². The molecule has 1 atom stereocenters. The summed E-state index contributed by atoms with van der Waals surface area (Å²) in [5.74, 6) is -0.367. The van der Waals surface area contributed by atoms with E-state index in [1.807, 2.05) is 0 Å². The van der Waals surface area contributed by atoms with Crippen LogP contribution in [0.3, 0.4) is 0 Å². The zero-order chi connectivity index (χ0) is 12.1. The topological polar surface area (TPSA) is 98.4 Å². The Morgan fingerprint density at radius 2 is 2.38 bits per heavy atom. The summed E-state index contributed by atoms with van der Waals surface area (Å²) in [6.07, 6.45) is 0.550. The molecular weight excluding hydrogens is 214 g/mol. The van der Waals surface area contributed by atoms with Crippen LogP contribution in [0.2, 0.25) is 0 Å². The molecule has 7 nitrogen and oxygen atoms in total. The Balaban J connectivity index is 2.57. The SMILES string of the molecule is COCC(O)CN(C)C(=O)c1c[nH]c(=O)[nH]1. The van der Waals surface area contributed by atoms with Gasteiger partial charge in [-0.15, -0.1) is 0 Å². The fourth-order valence-corrected chi connectivity index (χ4v) is 1.30. The van der Waals surface area contributed by atoms with Gasteiger partial charge in [0.2, 0.25) is 0 Å². The summed E-state index contributed by atoms with van der Waals surface area (Å²) in [6, 6.07) is 0. The molecule has 1 rings (SSSR count). The van der Waals surface area contributed by atoms with Crippen molar-refractivity contribution >= 4 is 5.91 Å². The molecule has 1 amide bonds. The quantitative estimate of drug-likeness (QED) is 0.589. The van der Waals surface area contributed by atoms with Crippen LogP contribution in [0.25, 0.3) is 0 Å². The summed E-state index contributed by atoms with van der Waals surface area (Å²) in [6.45, 7) is 0.293. The lowest BCUT2D eigenvalue weighted by Gasteiger charge is -2.19. The Morgan fingerprint density at radius 3 is 2.88 bits per heavy atom. The third kappa shape index (κ3) is 3.21. The smallest absolute Gasteiger partial charge is 0.323 e. The van der Waals surface area contributed by atoms with Crippen molar-refractivity contribution in [2.24, 2.45) is 0 Å². The standard InChI is InChI=1S/C9H15N3O4/c1-12(4-6(13)5-16-2)8(14)7-3-10-9(15)11-7/h3,6,13H,4-5H2,1-2H3,(H2,10,11,15). The number of hydrogen-bond acceptors (Lipinski definition) is 4. The van der Waals surface area contributed by atoms with E-state index in [4.69, 9.17) is 4.74 Å². The second kappa shape index (κ2) is 5.47. The molecule has 7 heteroatoms. The number of aromatic amines is 2. The largest absolute Gasteiger partial charge is 0.389 e. The Morgan fingerprint density at radius 1 is 1.69 bits per heavy atom. The maximum atomic E-state index is 11.7. The second-order valence-electron chi connectivity index (χ2n) is 3.45. The Hall–Kier alpha value is -1.60. The monoisotopic (exact) mass is 229 g/mol. The number of likely N-dealkylation sites (N-methyl/N-ethyl adjacent to an activating group) is 1. The number of ether oxygens (including phenoxy) is 1. The molecule has 0 aliphatic rings. The van der Waals surface area contributed by atoms with Crippen LogP contribution in [0, 0.1) is 0 Å². The number of imidazole rings is 1. The molecule has 1 heterocycles. The van der Waals surface area contributed by atoms with Crippen LogP contribution < -0.4 is 5.69 Å². The van der Waals surface area contributed by atoms with Crippen molar-refractivity contribution in [3.05, 3.63) is 22.4 Å². The highest BCUT2D eigenvalue weighted by atomic mass is 16.5. The predicted octanol–water partition coefficient (Wildman–Crippen LogP) is -1.22. The molecule has 90 valence electrons. The lowest BCUT2D eigenvalue weighted by molar-refractivity contribution is 0.0378. The van der Waals surface area contributed by atoms with E-state index in [9.17, 15) is 14.7 Å². The number of carbonyl (C=O) groups excluding carboxylic acids is 1. The van der Waals surface area contributed by atoms with E-state index in [-0.39, 0.29) is 24.8 Å². The number of methoxy groups -OCH3 is 1.